The van der Waals surface area contributed by atoms with Gasteiger partial charge in [-0.2, -0.15) is 0 Å². The first-order chi connectivity index (χ1) is 11.4. The third-order valence-electron chi connectivity index (χ3n) is 6.65. The number of ether oxygens (including phenoxy) is 1. The molecule has 0 bridgehead atoms. The van der Waals surface area contributed by atoms with Crippen LogP contribution in [0.3, 0.4) is 0 Å². The van der Waals surface area contributed by atoms with Crippen molar-refractivity contribution in [3.05, 3.63) is 28.8 Å². The van der Waals surface area contributed by atoms with E-state index in [1.54, 1.807) is 7.11 Å². The van der Waals surface area contributed by atoms with Gasteiger partial charge in [0.15, 0.2) is 0 Å². The van der Waals surface area contributed by atoms with E-state index in [0.717, 1.165) is 30.0 Å². The molecule has 2 heterocycles. The minimum absolute atomic E-state index is 0.182. The highest BCUT2D eigenvalue weighted by Crippen LogP contribution is 2.46. The van der Waals surface area contributed by atoms with Crippen LogP contribution in [0.25, 0.3) is 5.57 Å². The normalized spacial score (nSPS) is 32.2. The van der Waals surface area contributed by atoms with Gasteiger partial charge in [0.05, 0.1) is 18.5 Å². The molecule has 0 radical (unpaired) electrons. The molecule has 3 nitrogen and oxygen atoms in total. The summed E-state index contributed by atoms with van der Waals surface area (Å²) in [5.74, 6) is 1.78. The zero-order valence-corrected chi connectivity index (χ0v) is 15.5. The van der Waals surface area contributed by atoms with E-state index in [1.165, 1.54) is 36.5 Å². The van der Waals surface area contributed by atoms with Gasteiger partial charge in [-0.1, -0.05) is 20.8 Å². The van der Waals surface area contributed by atoms with Crippen LogP contribution in [0.5, 0.6) is 5.75 Å². The van der Waals surface area contributed by atoms with Crippen LogP contribution in [0.4, 0.5) is 0 Å². The van der Waals surface area contributed by atoms with Gasteiger partial charge in [-0.25, -0.2) is 0 Å². The van der Waals surface area contributed by atoms with E-state index in [9.17, 15) is 0 Å². The van der Waals surface area contributed by atoms with Crippen LogP contribution in [0, 0.1) is 11.3 Å². The molecule has 1 spiro atoms. The zero-order valence-electron chi connectivity index (χ0n) is 15.5. The lowest BCUT2D eigenvalue weighted by atomic mass is 9.63. The van der Waals surface area contributed by atoms with Crippen LogP contribution in [0.1, 0.15) is 52.9 Å². The third kappa shape index (κ3) is 2.48. The van der Waals surface area contributed by atoms with Gasteiger partial charge in [-0.05, 0) is 73.8 Å². The Labute approximate surface area is 145 Å². The fourth-order valence-corrected chi connectivity index (χ4v) is 5.10. The molecule has 3 aliphatic rings. The molecule has 0 aromatic heterocycles. The van der Waals surface area contributed by atoms with Crippen molar-refractivity contribution in [2.24, 2.45) is 16.3 Å². The smallest absolute Gasteiger partial charge is 0.119 e. The van der Waals surface area contributed by atoms with E-state index < -0.39 is 0 Å². The molecule has 0 unspecified atom stereocenters. The van der Waals surface area contributed by atoms with Crippen LogP contribution in [0.15, 0.2) is 23.2 Å². The largest absolute Gasteiger partial charge is 0.497 e. The first-order valence-electron chi connectivity index (χ1n) is 9.43. The fraction of sp³-hybridized carbons (Fsp3) is 0.667. The average molecular weight is 326 g/mol. The summed E-state index contributed by atoms with van der Waals surface area (Å²) < 4.78 is 5.44. The molecule has 1 aromatic carbocycles. The van der Waals surface area contributed by atoms with Crippen molar-refractivity contribution in [3.63, 3.8) is 0 Å². The molecular weight excluding hydrogens is 296 g/mol. The van der Waals surface area contributed by atoms with Gasteiger partial charge in [0.2, 0.25) is 0 Å². The maximum Gasteiger partial charge on any atom is 0.119 e. The monoisotopic (exact) mass is 326 g/mol. The number of fused-ring (bicyclic) bond motifs is 3. The highest BCUT2D eigenvalue weighted by Gasteiger charge is 2.47. The summed E-state index contributed by atoms with van der Waals surface area (Å²) in [7, 11) is 1.74. The van der Waals surface area contributed by atoms with Gasteiger partial charge in [-0.3, -0.25) is 4.99 Å². The standard InChI is InChI=1S/C21H30N2O/c1-20(2,3)14-7-10-21(11-8-14)19-16(9-12-22-21)17-13-15(24-4)5-6-18(17)23-19/h5-6,13-14,19,22H,7-12H2,1-4H3/t14?,19-,21?/m0/s1. The molecule has 0 amide bonds. The van der Waals surface area contributed by atoms with Gasteiger partial charge in [0, 0.05) is 10.8 Å². The van der Waals surface area contributed by atoms with Crippen molar-refractivity contribution in [1.82, 2.24) is 5.32 Å². The lowest BCUT2D eigenvalue weighted by Gasteiger charge is -2.49. The number of hydrogen-bond acceptors (Lipinski definition) is 3. The van der Waals surface area contributed by atoms with Crippen molar-refractivity contribution in [2.75, 3.05) is 13.7 Å². The van der Waals surface area contributed by atoms with Gasteiger partial charge < -0.3 is 10.1 Å². The van der Waals surface area contributed by atoms with Crippen LogP contribution in [-0.4, -0.2) is 25.2 Å². The number of methoxy groups -OCH3 is 1. The molecule has 24 heavy (non-hydrogen) atoms. The Kier molecular flexibility index (Phi) is 3.76. The minimum atomic E-state index is 0.182. The number of hydrogen-bond donors (Lipinski definition) is 1. The molecule has 4 rings (SSSR count). The van der Waals surface area contributed by atoms with Gasteiger partial charge in [0.25, 0.3) is 0 Å². The average Bonchev–Trinajstić information content (AvgIpc) is 2.94. The molecular formula is C21H30N2O. The van der Waals surface area contributed by atoms with E-state index >= 15 is 0 Å². The summed E-state index contributed by atoms with van der Waals surface area (Å²) in [6.45, 7) is 8.26. The Morgan fingerprint density at radius 3 is 2.62 bits per heavy atom. The lowest BCUT2D eigenvalue weighted by Crippen LogP contribution is -2.59. The highest BCUT2D eigenvalue weighted by molar-refractivity contribution is 5.58. The number of benzene rings is 1. The number of nitrogens with one attached hydrogen (secondary N) is 1. The third-order valence-corrected chi connectivity index (χ3v) is 6.65. The molecule has 1 N–H and O–H groups in total. The maximum atomic E-state index is 5.44. The van der Waals surface area contributed by atoms with Crippen molar-refractivity contribution in [2.45, 2.75) is 64.5 Å². The topological polar surface area (TPSA) is 33.6 Å². The number of rotatable bonds is 1. The lowest BCUT2D eigenvalue weighted by molar-refractivity contribution is 0.103. The molecule has 3 heteroatoms. The van der Waals surface area contributed by atoms with Gasteiger partial charge in [-0.15, -0.1) is 0 Å². The summed E-state index contributed by atoms with van der Waals surface area (Å²) >= 11 is 0. The molecule has 1 atom stereocenters. The molecule has 130 valence electrons. The minimum Gasteiger partial charge on any atom is -0.497 e. The highest BCUT2D eigenvalue weighted by atomic mass is 16.5. The predicted octanol–water partition coefficient (Wildman–Crippen LogP) is 2.82. The summed E-state index contributed by atoms with van der Waals surface area (Å²) in [6, 6.07) is 6.69. The Morgan fingerprint density at radius 1 is 1.21 bits per heavy atom. The van der Waals surface area contributed by atoms with Crippen molar-refractivity contribution < 1.29 is 4.74 Å². The SMILES string of the molecule is COc1ccc2c(c1)=C1CCNC3(CCC(C(C)(C)C)CC3)[C@H]1N=2. The Morgan fingerprint density at radius 2 is 1.96 bits per heavy atom. The summed E-state index contributed by atoms with van der Waals surface area (Å²) in [5, 5.41) is 6.39. The quantitative estimate of drug-likeness (QED) is 0.861. The van der Waals surface area contributed by atoms with Crippen molar-refractivity contribution in [3.8, 4) is 5.75 Å². The van der Waals surface area contributed by atoms with Crippen molar-refractivity contribution >= 4 is 5.57 Å². The second-order valence-corrected chi connectivity index (χ2v) is 8.91. The van der Waals surface area contributed by atoms with Crippen LogP contribution < -0.4 is 20.6 Å². The second-order valence-electron chi connectivity index (χ2n) is 8.91. The molecule has 2 aliphatic heterocycles. The van der Waals surface area contributed by atoms with E-state index in [4.69, 9.17) is 9.73 Å². The molecule has 1 aromatic rings. The predicted molar refractivity (Wildman–Crippen MR) is 97.7 cm³/mol. The van der Waals surface area contributed by atoms with Gasteiger partial charge >= 0.3 is 0 Å². The van der Waals surface area contributed by atoms with E-state index in [0.29, 0.717) is 11.5 Å². The van der Waals surface area contributed by atoms with E-state index in [2.05, 4.69) is 38.2 Å². The van der Waals surface area contributed by atoms with Crippen LogP contribution >= 0.6 is 0 Å². The Balaban J connectivity index is 1.68. The number of nitrogens with zero attached hydrogens (tertiary/aromatic N) is 1. The van der Waals surface area contributed by atoms with Crippen molar-refractivity contribution in [1.29, 1.82) is 0 Å². The van der Waals surface area contributed by atoms with E-state index in [1.807, 2.05) is 6.07 Å². The Bertz CT molecular complexity index is 751. The summed E-state index contributed by atoms with van der Waals surface area (Å²) in [5.41, 5.74) is 2.14. The summed E-state index contributed by atoms with van der Waals surface area (Å²) in [4.78, 5) is 5.16. The number of piperidine rings is 1. The zero-order chi connectivity index (χ0) is 16.9. The maximum absolute atomic E-state index is 5.44. The fourth-order valence-electron chi connectivity index (χ4n) is 5.10. The van der Waals surface area contributed by atoms with E-state index in [-0.39, 0.29) is 5.54 Å². The molecule has 1 saturated heterocycles. The first kappa shape index (κ1) is 16.1. The van der Waals surface area contributed by atoms with Crippen LogP contribution in [0.2, 0.25) is 0 Å². The van der Waals surface area contributed by atoms with Gasteiger partial charge in [0.1, 0.15) is 5.75 Å². The first-order valence-corrected chi connectivity index (χ1v) is 9.43. The molecule has 1 saturated carbocycles. The molecule has 2 fully saturated rings. The van der Waals surface area contributed by atoms with Crippen LogP contribution in [-0.2, 0) is 0 Å². The second kappa shape index (κ2) is 5.59. The summed E-state index contributed by atoms with van der Waals surface area (Å²) in [6.07, 6.45) is 6.24. The Hall–Kier alpha value is -1.35. The molecule has 1 aliphatic carbocycles.